The molecule has 5 nitrogen and oxygen atoms in total. The summed E-state index contributed by atoms with van der Waals surface area (Å²) in [6.07, 6.45) is 4.75. The molecule has 2 aromatic heterocycles. The highest BCUT2D eigenvalue weighted by molar-refractivity contribution is 9.10. The largest absolute Gasteiger partial charge is 0.437 e. The molecular formula is C13H9BrN4O. The van der Waals surface area contributed by atoms with Crippen molar-refractivity contribution >= 4 is 32.5 Å². The first-order valence-electron chi connectivity index (χ1n) is 5.51. The van der Waals surface area contributed by atoms with Gasteiger partial charge in [0, 0.05) is 16.4 Å². The molecule has 3 rings (SSSR count). The zero-order chi connectivity index (χ0) is 13.2. The highest BCUT2D eigenvalue weighted by Gasteiger charge is 2.06. The van der Waals surface area contributed by atoms with Gasteiger partial charge >= 0.3 is 0 Å². The van der Waals surface area contributed by atoms with Crippen LogP contribution in [0, 0.1) is 0 Å². The molecule has 2 N–H and O–H groups in total. The maximum Gasteiger partial charge on any atom is 0.230 e. The van der Waals surface area contributed by atoms with E-state index in [4.69, 9.17) is 10.5 Å². The second-order valence-corrected chi connectivity index (χ2v) is 4.81. The number of hydrogen-bond acceptors (Lipinski definition) is 5. The Balaban J connectivity index is 2.06. The van der Waals surface area contributed by atoms with Crippen LogP contribution < -0.4 is 10.5 Å². The quantitative estimate of drug-likeness (QED) is 0.735. The van der Waals surface area contributed by atoms with Crippen LogP contribution in [0.15, 0.2) is 47.5 Å². The Morgan fingerprint density at radius 3 is 2.84 bits per heavy atom. The van der Waals surface area contributed by atoms with Gasteiger partial charge < -0.3 is 10.5 Å². The third-order valence-corrected chi connectivity index (χ3v) is 2.95. The predicted molar refractivity (Wildman–Crippen MR) is 76.0 cm³/mol. The zero-order valence-corrected chi connectivity index (χ0v) is 11.3. The molecule has 0 radical (unpaired) electrons. The van der Waals surface area contributed by atoms with E-state index in [1.54, 1.807) is 24.5 Å². The van der Waals surface area contributed by atoms with Crippen molar-refractivity contribution in [3.63, 3.8) is 0 Å². The molecule has 2 heterocycles. The van der Waals surface area contributed by atoms with E-state index in [-0.39, 0.29) is 0 Å². The Morgan fingerprint density at radius 1 is 1.11 bits per heavy atom. The van der Waals surface area contributed by atoms with Crippen LogP contribution in [0.3, 0.4) is 0 Å². The highest BCUT2D eigenvalue weighted by Crippen LogP contribution is 2.28. The van der Waals surface area contributed by atoms with Gasteiger partial charge in [-0.1, -0.05) is 0 Å². The van der Waals surface area contributed by atoms with E-state index in [2.05, 4.69) is 30.9 Å². The second-order valence-electron chi connectivity index (χ2n) is 3.90. The molecule has 0 saturated carbocycles. The van der Waals surface area contributed by atoms with Gasteiger partial charge in [-0.25, -0.2) is 9.97 Å². The standard InChI is InChI=1S/C13H9BrN4O/c14-8-3-10(6-16-5-8)19-13-11-2-1-9(15)4-12(11)17-7-18-13/h1-7H,15H2. The fourth-order valence-electron chi connectivity index (χ4n) is 1.69. The molecule has 0 bridgehead atoms. The zero-order valence-electron chi connectivity index (χ0n) is 9.75. The number of aromatic nitrogens is 3. The van der Waals surface area contributed by atoms with Gasteiger partial charge in [-0.3, -0.25) is 4.98 Å². The lowest BCUT2D eigenvalue weighted by Crippen LogP contribution is -1.93. The SMILES string of the molecule is Nc1ccc2c(Oc3cncc(Br)c3)ncnc2c1. The molecule has 0 aliphatic rings. The third-order valence-electron chi connectivity index (χ3n) is 2.52. The number of ether oxygens (including phenoxy) is 1. The van der Waals surface area contributed by atoms with Crippen LogP contribution in [0.1, 0.15) is 0 Å². The number of hydrogen-bond donors (Lipinski definition) is 1. The summed E-state index contributed by atoms with van der Waals surface area (Å²) >= 11 is 3.34. The van der Waals surface area contributed by atoms with Gasteiger partial charge in [0.15, 0.2) is 0 Å². The summed E-state index contributed by atoms with van der Waals surface area (Å²) in [5.74, 6) is 1.08. The van der Waals surface area contributed by atoms with E-state index in [0.717, 1.165) is 15.4 Å². The van der Waals surface area contributed by atoms with E-state index >= 15 is 0 Å². The molecular weight excluding hydrogens is 308 g/mol. The molecule has 0 spiro atoms. The number of rotatable bonds is 2. The van der Waals surface area contributed by atoms with Gasteiger partial charge in [-0.2, -0.15) is 0 Å². The number of fused-ring (bicyclic) bond motifs is 1. The van der Waals surface area contributed by atoms with Crippen LogP contribution in [-0.2, 0) is 0 Å². The first-order valence-corrected chi connectivity index (χ1v) is 6.30. The number of benzene rings is 1. The van der Waals surface area contributed by atoms with Gasteiger partial charge in [0.25, 0.3) is 0 Å². The number of nitrogens with zero attached hydrogens (tertiary/aromatic N) is 3. The summed E-state index contributed by atoms with van der Waals surface area (Å²) in [6.45, 7) is 0. The molecule has 19 heavy (non-hydrogen) atoms. The van der Waals surface area contributed by atoms with Gasteiger partial charge in [-0.15, -0.1) is 0 Å². The Labute approximate surface area is 117 Å². The van der Waals surface area contributed by atoms with Crippen molar-refractivity contribution in [1.29, 1.82) is 0 Å². The molecule has 0 unspecified atom stereocenters. The first kappa shape index (κ1) is 11.9. The molecule has 1 aromatic carbocycles. The molecule has 0 atom stereocenters. The minimum absolute atomic E-state index is 0.477. The number of nitrogens with two attached hydrogens (primary N) is 1. The molecule has 0 saturated heterocycles. The van der Waals surface area contributed by atoms with Gasteiger partial charge in [-0.05, 0) is 40.2 Å². The molecule has 94 valence electrons. The van der Waals surface area contributed by atoms with Crippen molar-refractivity contribution in [2.75, 3.05) is 5.73 Å². The lowest BCUT2D eigenvalue weighted by molar-refractivity contribution is 0.465. The fraction of sp³-hybridized carbons (Fsp3) is 0. The molecule has 6 heteroatoms. The summed E-state index contributed by atoms with van der Waals surface area (Å²) < 4.78 is 6.57. The lowest BCUT2D eigenvalue weighted by Gasteiger charge is -2.07. The van der Waals surface area contributed by atoms with Crippen molar-refractivity contribution < 1.29 is 4.74 Å². The topological polar surface area (TPSA) is 73.9 Å². The van der Waals surface area contributed by atoms with E-state index in [1.165, 1.54) is 6.33 Å². The smallest absolute Gasteiger partial charge is 0.230 e. The molecule has 3 aromatic rings. The summed E-state index contributed by atoms with van der Waals surface area (Å²) in [5.41, 5.74) is 7.13. The Hall–Kier alpha value is -2.21. The summed E-state index contributed by atoms with van der Waals surface area (Å²) in [4.78, 5) is 12.3. The predicted octanol–water partition coefficient (Wildman–Crippen LogP) is 3.16. The molecule has 0 amide bonds. The maximum atomic E-state index is 5.73. The van der Waals surface area contributed by atoms with Crippen LogP contribution in [0.2, 0.25) is 0 Å². The van der Waals surface area contributed by atoms with Crippen molar-refractivity contribution in [2.45, 2.75) is 0 Å². The number of nitrogen functional groups attached to an aromatic ring is 1. The molecule has 0 aliphatic heterocycles. The second kappa shape index (κ2) is 4.81. The van der Waals surface area contributed by atoms with Crippen LogP contribution >= 0.6 is 15.9 Å². The van der Waals surface area contributed by atoms with Crippen LogP contribution in [0.25, 0.3) is 10.9 Å². The van der Waals surface area contributed by atoms with E-state index < -0.39 is 0 Å². The van der Waals surface area contributed by atoms with Crippen molar-refractivity contribution in [2.24, 2.45) is 0 Å². The Bertz CT molecular complexity index is 748. The summed E-state index contributed by atoms with van der Waals surface area (Å²) in [5, 5.41) is 0.802. The van der Waals surface area contributed by atoms with Crippen LogP contribution in [0.4, 0.5) is 5.69 Å². The van der Waals surface area contributed by atoms with E-state index in [1.807, 2.05) is 12.1 Å². The monoisotopic (exact) mass is 316 g/mol. The number of halogens is 1. The van der Waals surface area contributed by atoms with E-state index in [0.29, 0.717) is 17.3 Å². The first-order chi connectivity index (χ1) is 9.22. The van der Waals surface area contributed by atoms with Crippen molar-refractivity contribution in [3.05, 3.63) is 47.5 Å². The third kappa shape index (κ3) is 2.48. The molecule has 0 fully saturated rings. The summed E-state index contributed by atoms with van der Waals surface area (Å²) in [6, 6.07) is 7.23. The average molecular weight is 317 g/mol. The maximum absolute atomic E-state index is 5.73. The number of anilines is 1. The Morgan fingerprint density at radius 2 is 2.00 bits per heavy atom. The fourth-order valence-corrected chi connectivity index (χ4v) is 2.03. The van der Waals surface area contributed by atoms with Crippen molar-refractivity contribution in [1.82, 2.24) is 15.0 Å². The normalized spacial score (nSPS) is 10.6. The van der Waals surface area contributed by atoms with Gasteiger partial charge in [0.2, 0.25) is 5.88 Å². The van der Waals surface area contributed by atoms with Gasteiger partial charge in [0.1, 0.15) is 12.1 Å². The van der Waals surface area contributed by atoms with Crippen LogP contribution in [-0.4, -0.2) is 15.0 Å². The number of pyridine rings is 1. The Kier molecular flexibility index (Phi) is 3.00. The minimum Gasteiger partial charge on any atom is -0.437 e. The van der Waals surface area contributed by atoms with Crippen molar-refractivity contribution in [3.8, 4) is 11.6 Å². The highest BCUT2D eigenvalue weighted by atomic mass is 79.9. The van der Waals surface area contributed by atoms with Gasteiger partial charge in [0.05, 0.1) is 17.1 Å². The minimum atomic E-state index is 0.477. The summed E-state index contributed by atoms with van der Waals surface area (Å²) in [7, 11) is 0. The average Bonchev–Trinajstić information content (AvgIpc) is 2.38. The van der Waals surface area contributed by atoms with Crippen LogP contribution in [0.5, 0.6) is 11.6 Å². The molecule has 0 aliphatic carbocycles. The lowest BCUT2D eigenvalue weighted by atomic mass is 10.2. The van der Waals surface area contributed by atoms with E-state index in [9.17, 15) is 0 Å².